The van der Waals surface area contributed by atoms with Gasteiger partial charge in [-0.2, -0.15) is 11.8 Å². The van der Waals surface area contributed by atoms with E-state index in [0.29, 0.717) is 18.4 Å². The summed E-state index contributed by atoms with van der Waals surface area (Å²) in [6, 6.07) is 0.390. The van der Waals surface area contributed by atoms with Crippen LogP contribution >= 0.6 is 11.8 Å². The SMILES string of the molecule is CCC(CSC)N(C)C(=O)CCCCCCN. The average Bonchev–Trinajstić information content (AvgIpc) is 2.34. The van der Waals surface area contributed by atoms with E-state index in [1.54, 1.807) is 0 Å². The number of hydrogen-bond donors (Lipinski definition) is 1. The highest BCUT2D eigenvalue weighted by molar-refractivity contribution is 7.98. The molecule has 0 aliphatic carbocycles. The van der Waals surface area contributed by atoms with Crippen LogP contribution in [0.15, 0.2) is 0 Å². The zero-order chi connectivity index (χ0) is 13.1. The van der Waals surface area contributed by atoms with Crippen molar-refractivity contribution in [3.05, 3.63) is 0 Å². The molecule has 0 aromatic heterocycles. The molecule has 0 bridgehead atoms. The number of rotatable bonds is 10. The Bertz CT molecular complexity index is 200. The van der Waals surface area contributed by atoms with Crippen molar-refractivity contribution < 1.29 is 4.79 Å². The van der Waals surface area contributed by atoms with Gasteiger partial charge in [0.05, 0.1) is 0 Å². The molecule has 0 saturated carbocycles. The van der Waals surface area contributed by atoms with Gasteiger partial charge in [0, 0.05) is 25.3 Å². The number of nitrogens with two attached hydrogens (primary N) is 1. The van der Waals surface area contributed by atoms with Gasteiger partial charge >= 0.3 is 0 Å². The molecule has 0 aromatic carbocycles. The smallest absolute Gasteiger partial charge is 0.222 e. The lowest BCUT2D eigenvalue weighted by Gasteiger charge is -2.26. The van der Waals surface area contributed by atoms with Crippen LogP contribution in [0.2, 0.25) is 0 Å². The van der Waals surface area contributed by atoms with Crippen molar-refractivity contribution in [3.63, 3.8) is 0 Å². The monoisotopic (exact) mass is 260 g/mol. The quantitative estimate of drug-likeness (QED) is 0.614. The van der Waals surface area contributed by atoms with Crippen molar-refractivity contribution in [2.75, 3.05) is 25.6 Å². The first kappa shape index (κ1) is 16.8. The first-order valence-electron chi connectivity index (χ1n) is 6.62. The topological polar surface area (TPSA) is 46.3 Å². The van der Waals surface area contributed by atoms with Crippen LogP contribution < -0.4 is 5.73 Å². The van der Waals surface area contributed by atoms with E-state index < -0.39 is 0 Å². The van der Waals surface area contributed by atoms with E-state index >= 15 is 0 Å². The summed E-state index contributed by atoms with van der Waals surface area (Å²) < 4.78 is 0. The van der Waals surface area contributed by atoms with Crippen LogP contribution in [0.3, 0.4) is 0 Å². The molecule has 0 aliphatic heterocycles. The Hall–Kier alpha value is -0.220. The van der Waals surface area contributed by atoms with E-state index in [2.05, 4.69) is 13.2 Å². The summed E-state index contributed by atoms with van der Waals surface area (Å²) in [6.45, 7) is 2.91. The van der Waals surface area contributed by atoms with Gasteiger partial charge in [0.2, 0.25) is 5.91 Å². The van der Waals surface area contributed by atoms with Crippen molar-refractivity contribution >= 4 is 17.7 Å². The molecule has 3 nitrogen and oxygen atoms in total. The Morgan fingerprint density at radius 3 is 2.47 bits per heavy atom. The number of unbranched alkanes of at least 4 members (excludes halogenated alkanes) is 3. The van der Waals surface area contributed by atoms with Gasteiger partial charge in [0.25, 0.3) is 0 Å². The van der Waals surface area contributed by atoms with Gasteiger partial charge in [-0.15, -0.1) is 0 Å². The van der Waals surface area contributed by atoms with E-state index in [-0.39, 0.29) is 0 Å². The zero-order valence-electron chi connectivity index (χ0n) is 11.6. The molecule has 0 saturated heterocycles. The van der Waals surface area contributed by atoms with E-state index in [1.165, 1.54) is 0 Å². The first-order chi connectivity index (χ1) is 8.17. The summed E-state index contributed by atoms with van der Waals surface area (Å²) in [7, 11) is 1.94. The molecule has 0 aliphatic rings. The molecular formula is C13H28N2OS. The highest BCUT2D eigenvalue weighted by atomic mass is 32.2. The number of hydrogen-bond acceptors (Lipinski definition) is 3. The van der Waals surface area contributed by atoms with Gasteiger partial charge in [-0.25, -0.2) is 0 Å². The number of carbonyl (C=O) groups excluding carboxylic acids is 1. The summed E-state index contributed by atoms with van der Waals surface area (Å²) in [5.41, 5.74) is 5.43. The Kier molecular flexibility index (Phi) is 10.8. The fourth-order valence-electron chi connectivity index (χ4n) is 1.85. The van der Waals surface area contributed by atoms with Gasteiger partial charge in [0.1, 0.15) is 0 Å². The van der Waals surface area contributed by atoms with Crippen molar-refractivity contribution in [3.8, 4) is 0 Å². The predicted molar refractivity (Wildman–Crippen MR) is 77.4 cm³/mol. The maximum absolute atomic E-state index is 11.9. The van der Waals surface area contributed by atoms with Crippen LogP contribution in [0.4, 0.5) is 0 Å². The lowest BCUT2D eigenvalue weighted by molar-refractivity contribution is -0.131. The second kappa shape index (κ2) is 10.9. The largest absolute Gasteiger partial charge is 0.342 e. The standard InChI is InChI=1S/C13H28N2OS/c1-4-12(11-17-3)15(2)13(16)9-7-5-6-8-10-14/h12H,4-11,14H2,1-3H3. The number of nitrogens with zero attached hydrogens (tertiary/aromatic N) is 1. The molecule has 0 spiro atoms. The molecule has 0 rings (SSSR count). The minimum absolute atomic E-state index is 0.290. The van der Waals surface area contributed by atoms with Gasteiger partial charge in [-0.3, -0.25) is 4.79 Å². The fraction of sp³-hybridized carbons (Fsp3) is 0.923. The second-order valence-corrected chi connectivity index (χ2v) is 5.39. The molecule has 4 heteroatoms. The number of carbonyl (C=O) groups is 1. The van der Waals surface area contributed by atoms with E-state index in [1.807, 2.05) is 23.7 Å². The minimum Gasteiger partial charge on any atom is -0.342 e. The van der Waals surface area contributed by atoms with Gasteiger partial charge < -0.3 is 10.6 Å². The lowest BCUT2D eigenvalue weighted by atomic mass is 10.1. The highest BCUT2D eigenvalue weighted by Gasteiger charge is 2.16. The molecular weight excluding hydrogens is 232 g/mol. The third-order valence-corrected chi connectivity index (χ3v) is 3.83. The van der Waals surface area contributed by atoms with Crippen LogP contribution in [-0.2, 0) is 4.79 Å². The molecule has 102 valence electrons. The van der Waals surface area contributed by atoms with Crippen molar-refractivity contribution in [2.45, 2.75) is 51.5 Å². The van der Waals surface area contributed by atoms with Crippen LogP contribution in [0, 0.1) is 0 Å². The van der Waals surface area contributed by atoms with Crippen LogP contribution in [-0.4, -0.2) is 42.4 Å². The Morgan fingerprint density at radius 2 is 1.94 bits per heavy atom. The number of amides is 1. The molecule has 0 aromatic rings. The van der Waals surface area contributed by atoms with Gasteiger partial charge in [0.15, 0.2) is 0 Å². The molecule has 17 heavy (non-hydrogen) atoms. The van der Waals surface area contributed by atoms with Crippen molar-refractivity contribution in [1.82, 2.24) is 4.90 Å². The van der Waals surface area contributed by atoms with Crippen LogP contribution in [0.5, 0.6) is 0 Å². The summed E-state index contributed by atoms with van der Waals surface area (Å²) in [6.07, 6.45) is 8.16. The third kappa shape index (κ3) is 7.66. The van der Waals surface area contributed by atoms with E-state index in [4.69, 9.17) is 5.73 Å². The summed E-state index contributed by atoms with van der Waals surface area (Å²) in [5, 5.41) is 0. The summed E-state index contributed by atoms with van der Waals surface area (Å²) in [5.74, 6) is 1.32. The minimum atomic E-state index is 0.290. The fourth-order valence-corrected chi connectivity index (χ4v) is 2.69. The van der Waals surface area contributed by atoms with E-state index in [9.17, 15) is 4.79 Å². The molecule has 0 radical (unpaired) electrons. The van der Waals surface area contributed by atoms with Gasteiger partial charge in [-0.1, -0.05) is 19.8 Å². The summed E-state index contributed by atoms with van der Waals surface area (Å²) in [4.78, 5) is 13.9. The third-order valence-electron chi connectivity index (χ3n) is 3.12. The molecule has 0 heterocycles. The highest BCUT2D eigenvalue weighted by Crippen LogP contribution is 2.11. The molecule has 1 unspecified atom stereocenters. The molecule has 1 atom stereocenters. The second-order valence-electron chi connectivity index (χ2n) is 4.47. The summed E-state index contributed by atoms with van der Waals surface area (Å²) >= 11 is 1.81. The maximum atomic E-state index is 11.9. The Labute approximate surface area is 111 Å². The van der Waals surface area contributed by atoms with Crippen LogP contribution in [0.1, 0.15) is 45.4 Å². The predicted octanol–water partition coefficient (Wildman–Crippen LogP) is 2.50. The maximum Gasteiger partial charge on any atom is 0.222 e. The van der Waals surface area contributed by atoms with Crippen molar-refractivity contribution in [1.29, 1.82) is 0 Å². The van der Waals surface area contributed by atoms with Crippen molar-refractivity contribution in [2.24, 2.45) is 5.73 Å². The molecule has 2 N–H and O–H groups in total. The normalized spacial score (nSPS) is 12.5. The Balaban J connectivity index is 3.79. The average molecular weight is 260 g/mol. The van der Waals surface area contributed by atoms with E-state index in [0.717, 1.165) is 44.4 Å². The lowest BCUT2D eigenvalue weighted by Crippen LogP contribution is -2.38. The molecule has 0 fully saturated rings. The van der Waals surface area contributed by atoms with Gasteiger partial charge in [-0.05, 0) is 32.1 Å². The Morgan fingerprint density at radius 1 is 1.29 bits per heavy atom. The number of thioether (sulfide) groups is 1. The van der Waals surface area contributed by atoms with Crippen LogP contribution in [0.25, 0.3) is 0 Å². The first-order valence-corrected chi connectivity index (χ1v) is 8.01. The molecule has 1 amide bonds. The zero-order valence-corrected chi connectivity index (χ0v) is 12.4.